The minimum Gasteiger partial charge on any atom is -0.480 e. The first kappa shape index (κ1) is 14.6. The van der Waals surface area contributed by atoms with Crippen molar-refractivity contribution < 1.29 is 19.5 Å². The molecule has 2 aliphatic rings. The summed E-state index contributed by atoms with van der Waals surface area (Å²) in [6, 6.07) is -0.819. The van der Waals surface area contributed by atoms with E-state index < -0.39 is 12.0 Å². The minimum atomic E-state index is -0.999. The summed E-state index contributed by atoms with van der Waals surface area (Å²) in [6.07, 6.45) is 5.28. The summed E-state index contributed by atoms with van der Waals surface area (Å²) in [5.41, 5.74) is 1.07. The molecule has 1 aliphatic heterocycles. The van der Waals surface area contributed by atoms with Crippen LogP contribution in [0.5, 0.6) is 0 Å². The molecule has 2 N–H and O–H groups in total. The molecule has 0 bridgehead atoms. The maximum Gasteiger partial charge on any atom is 0.326 e. The standard InChI is InChI=1S/C14H20N2O4/c1-15-13(18)10-5-6-11(14(19)20)16(8-10)12(17)7-9-3-2-4-9/h7,10-11H,2-6,8H2,1H3,(H,15,18)(H,19,20)/t10-,11-/m0/s1. The summed E-state index contributed by atoms with van der Waals surface area (Å²) in [7, 11) is 1.55. The van der Waals surface area contributed by atoms with Crippen LogP contribution in [0.2, 0.25) is 0 Å². The van der Waals surface area contributed by atoms with Gasteiger partial charge in [-0.3, -0.25) is 9.59 Å². The van der Waals surface area contributed by atoms with E-state index in [0.717, 1.165) is 24.8 Å². The van der Waals surface area contributed by atoms with Crippen molar-refractivity contribution in [3.63, 3.8) is 0 Å². The molecule has 2 amide bonds. The lowest BCUT2D eigenvalue weighted by Crippen LogP contribution is -2.52. The van der Waals surface area contributed by atoms with Crippen molar-refractivity contribution in [1.82, 2.24) is 10.2 Å². The number of carboxylic acids is 1. The smallest absolute Gasteiger partial charge is 0.326 e. The van der Waals surface area contributed by atoms with E-state index in [1.54, 1.807) is 13.1 Å². The monoisotopic (exact) mass is 280 g/mol. The quantitative estimate of drug-likeness (QED) is 0.738. The molecule has 2 fully saturated rings. The third kappa shape index (κ3) is 3.00. The molecule has 0 aromatic heterocycles. The van der Waals surface area contributed by atoms with Gasteiger partial charge in [-0.2, -0.15) is 0 Å². The maximum absolute atomic E-state index is 12.2. The van der Waals surface area contributed by atoms with Gasteiger partial charge in [-0.1, -0.05) is 5.57 Å². The fourth-order valence-corrected chi connectivity index (χ4v) is 2.67. The van der Waals surface area contributed by atoms with Gasteiger partial charge in [-0.15, -0.1) is 0 Å². The van der Waals surface area contributed by atoms with Crippen LogP contribution in [0.15, 0.2) is 11.6 Å². The Balaban J connectivity index is 2.11. The molecule has 1 saturated heterocycles. The number of piperidine rings is 1. The molecule has 20 heavy (non-hydrogen) atoms. The molecule has 0 spiro atoms. The van der Waals surface area contributed by atoms with Crippen molar-refractivity contribution in [2.45, 2.75) is 38.1 Å². The van der Waals surface area contributed by atoms with Gasteiger partial charge in [-0.05, 0) is 32.1 Å². The number of hydrogen-bond donors (Lipinski definition) is 2. The Hall–Kier alpha value is -1.85. The van der Waals surface area contributed by atoms with Crippen LogP contribution >= 0.6 is 0 Å². The SMILES string of the molecule is CNC(=O)[C@H]1CC[C@@H](C(=O)O)N(C(=O)C=C2CCC2)C1. The lowest BCUT2D eigenvalue weighted by atomic mass is 9.90. The van der Waals surface area contributed by atoms with E-state index in [-0.39, 0.29) is 24.3 Å². The summed E-state index contributed by atoms with van der Waals surface area (Å²) in [5.74, 6) is -1.73. The minimum absolute atomic E-state index is 0.136. The van der Waals surface area contributed by atoms with Crippen LogP contribution in [0.4, 0.5) is 0 Å². The summed E-state index contributed by atoms with van der Waals surface area (Å²) >= 11 is 0. The fourth-order valence-electron chi connectivity index (χ4n) is 2.67. The van der Waals surface area contributed by atoms with Crippen LogP contribution in [-0.4, -0.2) is 47.4 Å². The number of rotatable bonds is 3. The second-order valence-corrected chi connectivity index (χ2v) is 5.39. The summed E-state index contributed by atoms with van der Waals surface area (Å²) in [5, 5.41) is 11.8. The molecule has 6 heteroatoms. The van der Waals surface area contributed by atoms with Crippen LogP contribution in [0.1, 0.15) is 32.1 Å². The first-order chi connectivity index (χ1) is 9.52. The molecule has 0 unspecified atom stereocenters. The van der Waals surface area contributed by atoms with Gasteiger partial charge in [0.25, 0.3) is 0 Å². The number of carbonyl (C=O) groups excluding carboxylic acids is 2. The van der Waals surface area contributed by atoms with Crippen molar-refractivity contribution >= 4 is 17.8 Å². The first-order valence-corrected chi connectivity index (χ1v) is 6.97. The molecular formula is C14H20N2O4. The van der Waals surface area contributed by atoms with Gasteiger partial charge in [0.15, 0.2) is 0 Å². The summed E-state index contributed by atoms with van der Waals surface area (Å²) in [6.45, 7) is 0.180. The average molecular weight is 280 g/mol. The van der Waals surface area contributed by atoms with E-state index in [1.807, 2.05) is 0 Å². The number of amides is 2. The molecule has 2 rings (SSSR count). The van der Waals surface area contributed by atoms with Gasteiger partial charge < -0.3 is 15.3 Å². The zero-order chi connectivity index (χ0) is 14.7. The summed E-state index contributed by atoms with van der Waals surface area (Å²) < 4.78 is 0. The number of aliphatic carboxylic acids is 1. The van der Waals surface area contributed by atoms with Gasteiger partial charge in [-0.25, -0.2) is 4.79 Å². The Labute approximate surface area is 117 Å². The van der Waals surface area contributed by atoms with E-state index in [9.17, 15) is 19.5 Å². The van der Waals surface area contributed by atoms with Crippen LogP contribution in [0.25, 0.3) is 0 Å². The van der Waals surface area contributed by atoms with Crippen LogP contribution in [0, 0.1) is 5.92 Å². The second-order valence-electron chi connectivity index (χ2n) is 5.39. The zero-order valence-electron chi connectivity index (χ0n) is 11.6. The lowest BCUT2D eigenvalue weighted by Gasteiger charge is -2.36. The highest BCUT2D eigenvalue weighted by Crippen LogP contribution is 2.27. The molecule has 2 atom stereocenters. The topological polar surface area (TPSA) is 86.7 Å². The molecule has 1 saturated carbocycles. The highest BCUT2D eigenvalue weighted by Gasteiger charge is 2.37. The normalized spacial score (nSPS) is 25.6. The maximum atomic E-state index is 12.2. The molecule has 0 aromatic carbocycles. The molecular weight excluding hydrogens is 260 g/mol. The van der Waals surface area contributed by atoms with Crippen molar-refractivity contribution in [3.05, 3.63) is 11.6 Å². The Morgan fingerprint density at radius 1 is 1.30 bits per heavy atom. The molecule has 1 heterocycles. The Bertz CT molecular complexity index is 452. The molecule has 1 aliphatic carbocycles. The molecule has 6 nitrogen and oxygen atoms in total. The van der Waals surface area contributed by atoms with Crippen molar-refractivity contribution in [2.24, 2.45) is 5.92 Å². The molecule has 0 aromatic rings. The van der Waals surface area contributed by atoms with Crippen molar-refractivity contribution in [3.8, 4) is 0 Å². The van der Waals surface area contributed by atoms with Crippen LogP contribution in [-0.2, 0) is 14.4 Å². The number of likely N-dealkylation sites (tertiary alicyclic amines) is 1. The highest BCUT2D eigenvalue weighted by atomic mass is 16.4. The third-order valence-electron chi connectivity index (χ3n) is 4.09. The van der Waals surface area contributed by atoms with Gasteiger partial charge in [0, 0.05) is 19.7 Å². The van der Waals surface area contributed by atoms with Crippen LogP contribution in [0.3, 0.4) is 0 Å². The number of hydrogen-bond acceptors (Lipinski definition) is 3. The summed E-state index contributed by atoms with van der Waals surface area (Å²) in [4.78, 5) is 36.5. The number of carbonyl (C=O) groups is 3. The highest BCUT2D eigenvalue weighted by molar-refractivity contribution is 5.93. The molecule has 110 valence electrons. The first-order valence-electron chi connectivity index (χ1n) is 6.97. The Morgan fingerprint density at radius 2 is 2.00 bits per heavy atom. The number of allylic oxidation sites excluding steroid dienone is 1. The fraction of sp³-hybridized carbons (Fsp3) is 0.643. The van der Waals surface area contributed by atoms with Gasteiger partial charge in [0.05, 0.1) is 5.92 Å². The largest absolute Gasteiger partial charge is 0.480 e. The number of nitrogens with zero attached hydrogens (tertiary/aromatic N) is 1. The van der Waals surface area contributed by atoms with E-state index in [1.165, 1.54) is 4.90 Å². The lowest BCUT2D eigenvalue weighted by molar-refractivity contribution is -0.152. The Morgan fingerprint density at radius 3 is 2.50 bits per heavy atom. The molecule has 0 radical (unpaired) electrons. The number of carboxylic acid groups (broad SMARTS) is 1. The van der Waals surface area contributed by atoms with Gasteiger partial charge in [0.2, 0.25) is 11.8 Å². The van der Waals surface area contributed by atoms with E-state index in [0.29, 0.717) is 12.8 Å². The van der Waals surface area contributed by atoms with Crippen molar-refractivity contribution in [2.75, 3.05) is 13.6 Å². The Kier molecular flexibility index (Phi) is 4.42. The van der Waals surface area contributed by atoms with E-state index >= 15 is 0 Å². The van der Waals surface area contributed by atoms with Crippen molar-refractivity contribution in [1.29, 1.82) is 0 Å². The van der Waals surface area contributed by atoms with Gasteiger partial charge >= 0.3 is 5.97 Å². The zero-order valence-corrected chi connectivity index (χ0v) is 11.6. The predicted molar refractivity (Wildman–Crippen MR) is 71.9 cm³/mol. The third-order valence-corrected chi connectivity index (χ3v) is 4.09. The van der Waals surface area contributed by atoms with E-state index in [4.69, 9.17) is 0 Å². The average Bonchev–Trinajstić information content (AvgIpc) is 2.40. The number of nitrogens with one attached hydrogen (secondary N) is 1. The van der Waals surface area contributed by atoms with E-state index in [2.05, 4.69) is 5.32 Å². The van der Waals surface area contributed by atoms with Crippen LogP contribution < -0.4 is 5.32 Å². The van der Waals surface area contributed by atoms with Gasteiger partial charge in [0.1, 0.15) is 6.04 Å². The predicted octanol–water partition coefficient (Wildman–Crippen LogP) is 0.534. The second kappa shape index (κ2) is 6.07.